The molecule has 0 aliphatic heterocycles. The Kier molecular flexibility index (Phi) is 5.89. The summed E-state index contributed by atoms with van der Waals surface area (Å²) in [5.74, 6) is 7.46. The fourth-order valence-corrected chi connectivity index (χ4v) is 3.65. The van der Waals surface area contributed by atoms with Crippen LogP contribution in [0.25, 0.3) is 11.4 Å². The van der Waals surface area contributed by atoms with E-state index in [0.717, 1.165) is 28.1 Å². The lowest BCUT2D eigenvalue weighted by Crippen LogP contribution is -2.17. The van der Waals surface area contributed by atoms with Crippen LogP contribution in [-0.2, 0) is 4.79 Å². The van der Waals surface area contributed by atoms with Gasteiger partial charge >= 0.3 is 0 Å². The highest BCUT2D eigenvalue weighted by molar-refractivity contribution is 7.99. The van der Waals surface area contributed by atoms with Gasteiger partial charge in [-0.25, -0.2) is 4.68 Å². The zero-order valence-electron chi connectivity index (χ0n) is 16.3. The molecule has 0 saturated carbocycles. The Morgan fingerprint density at radius 3 is 2.39 bits per heavy atom. The molecule has 0 bridgehead atoms. The monoisotopic (exact) mass is 397 g/mol. The molecule has 3 rings (SSSR count). The smallest absolute Gasteiger partial charge is 0.234 e. The molecular formula is C20H23N5O2S. The maximum atomic E-state index is 12.4. The first kappa shape index (κ1) is 19.8. The molecule has 28 heavy (non-hydrogen) atoms. The molecule has 0 aliphatic rings. The van der Waals surface area contributed by atoms with Gasteiger partial charge in [-0.15, -0.1) is 10.2 Å². The van der Waals surface area contributed by atoms with Crippen molar-refractivity contribution < 1.29 is 9.53 Å². The average Bonchev–Trinajstić information content (AvgIpc) is 3.03. The van der Waals surface area contributed by atoms with Crippen LogP contribution in [0.2, 0.25) is 0 Å². The van der Waals surface area contributed by atoms with Gasteiger partial charge in [-0.3, -0.25) is 4.79 Å². The average molecular weight is 398 g/mol. The van der Waals surface area contributed by atoms with E-state index in [2.05, 4.69) is 15.5 Å². The van der Waals surface area contributed by atoms with Crippen molar-refractivity contribution >= 4 is 23.4 Å². The van der Waals surface area contributed by atoms with Crippen molar-refractivity contribution in [1.82, 2.24) is 14.9 Å². The SMILES string of the molecule is COc1ccc(-c2nnc(SCC(=O)Nc3c(C)cc(C)cc3C)n2N)cc1. The second-order valence-corrected chi connectivity index (χ2v) is 7.46. The molecule has 3 N–H and O–H groups in total. The van der Waals surface area contributed by atoms with Gasteiger partial charge in [0.15, 0.2) is 5.82 Å². The number of carbonyl (C=O) groups excluding carboxylic acids is 1. The number of nitrogen functional groups attached to an aromatic ring is 1. The third-order valence-electron chi connectivity index (χ3n) is 4.29. The van der Waals surface area contributed by atoms with Gasteiger partial charge in [0.25, 0.3) is 0 Å². The van der Waals surface area contributed by atoms with E-state index in [-0.39, 0.29) is 11.7 Å². The number of hydrogen-bond acceptors (Lipinski definition) is 6. The molecule has 0 fully saturated rings. The Morgan fingerprint density at radius 1 is 1.14 bits per heavy atom. The normalized spacial score (nSPS) is 10.7. The van der Waals surface area contributed by atoms with Gasteiger partial charge in [-0.05, 0) is 56.2 Å². The Balaban J connectivity index is 1.66. The second-order valence-electron chi connectivity index (χ2n) is 6.52. The number of ether oxygens (including phenoxy) is 1. The molecule has 0 saturated heterocycles. The summed E-state index contributed by atoms with van der Waals surface area (Å²) in [5.41, 5.74) is 4.92. The van der Waals surface area contributed by atoms with Crippen LogP contribution in [0.1, 0.15) is 16.7 Å². The summed E-state index contributed by atoms with van der Waals surface area (Å²) in [6.07, 6.45) is 0. The highest BCUT2D eigenvalue weighted by Crippen LogP contribution is 2.25. The van der Waals surface area contributed by atoms with Gasteiger partial charge in [0, 0.05) is 11.3 Å². The summed E-state index contributed by atoms with van der Waals surface area (Å²) in [5, 5.41) is 11.7. The summed E-state index contributed by atoms with van der Waals surface area (Å²) in [4.78, 5) is 12.4. The molecule has 0 radical (unpaired) electrons. The Hall–Kier alpha value is -3.00. The number of hydrogen-bond donors (Lipinski definition) is 2. The van der Waals surface area contributed by atoms with Gasteiger partial charge in [0.05, 0.1) is 12.9 Å². The molecule has 0 spiro atoms. The fourth-order valence-electron chi connectivity index (χ4n) is 3.00. The molecular weight excluding hydrogens is 374 g/mol. The molecule has 146 valence electrons. The van der Waals surface area contributed by atoms with Crippen LogP contribution in [0, 0.1) is 20.8 Å². The van der Waals surface area contributed by atoms with Crippen LogP contribution < -0.4 is 15.9 Å². The first-order chi connectivity index (χ1) is 13.4. The Labute approximate surface area is 168 Å². The lowest BCUT2D eigenvalue weighted by atomic mass is 10.1. The van der Waals surface area contributed by atoms with E-state index in [1.807, 2.05) is 57.2 Å². The highest BCUT2D eigenvalue weighted by atomic mass is 32.2. The van der Waals surface area contributed by atoms with Gasteiger partial charge in [0.1, 0.15) is 5.75 Å². The molecule has 0 aliphatic carbocycles. The lowest BCUT2D eigenvalue weighted by Gasteiger charge is -2.12. The quantitative estimate of drug-likeness (QED) is 0.489. The van der Waals surface area contributed by atoms with Crippen molar-refractivity contribution in [2.75, 3.05) is 24.0 Å². The summed E-state index contributed by atoms with van der Waals surface area (Å²) >= 11 is 1.24. The van der Waals surface area contributed by atoms with Crippen molar-refractivity contribution in [3.8, 4) is 17.1 Å². The van der Waals surface area contributed by atoms with Gasteiger partial charge in [-0.1, -0.05) is 29.5 Å². The molecule has 7 nitrogen and oxygen atoms in total. The van der Waals surface area contributed by atoms with E-state index >= 15 is 0 Å². The summed E-state index contributed by atoms with van der Waals surface area (Å²) in [7, 11) is 1.61. The minimum Gasteiger partial charge on any atom is -0.497 e. The van der Waals surface area contributed by atoms with Crippen LogP contribution in [0.4, 0.5) is 5.69 Å². The first-order valence-electron chi connectivity index (χ1n) is 8.74. The molecule has 0 unspecified atom stereocenters. The first-order valence-corrected chi connectivity index (χ1v) is 9.73. The molecule has 1 amide bonds. The number of nitrogens with one attached hydrogen (secondary N) is 1. The van der Waals surface area contributed by atoms with Crippen LogP contribution in [0.3, 0.4) is 0 Å². The number of aryl methyl sites for hydroxylation is 3. The number of rotatable bonds is 6. The van der Waals surface area contributed by atoms with E-state index in [4.69, 9.17) is 10.6 Å². The van der Waals surface area contributed by atoms with Crippen LogP contribution >= 0.6 is 11.8 Å². The van der Waals surface area contributed by atoms with Gasteiger partial charge < -0.3 is 15.9 Å². The Morgan fingerprint density at radius 2 is 1.79 bits per heavy atom. The molecule has 2 aromatic carbocycles. The van der Waals surface area contributed by atoms with E-state index < -0.39 is 0 Å². The maximum Gasteiger partial charge on any atom is 0.234 e. The number of amides is 1. The van der Waals surface area contributed by atoms with Crippen LogP contribution in [0.5, 0.6) is 5.75 Å². The molecule has 1 aromatic heterocycles. The number of benzene rings is 2. The minimum atomic E-state index is -0.117. The molecule has 0 atom stereocenters. The zero-order chi connectivity index (χ0) is 20.3. The van der Waals surface area contributed by atoms with Crippen molar-refractivity contribution in [3.63, 3.8) is 0 Å². The number of carbonyl (C=O) groups is 1. The van der Waals surface area contributed by atoms with Gasteiger partial charge in [-0.2, -0.15) is 0 Å². The maximum absolute atomic E-state index is 12.4. The largest absolute Gasteiger partial charge is 0.497 e. The number of methoxy groups -OCH3 is 1. The number of nitrogens with zero attached hydrogens (tertiary/aromatic N) is 3. The number of aromatic nitrogens is 3. The second kappa shape index (κ2) is 8.35. The van der Waals surface area contributed by atoms with E-state index in [1.165, 1.54) is 22.0 Å². The van der Waals surface area contributed by atoms with Crippen LogP contribution in [-0.4, -0.2) is 33.6 Å². The summed E-state index contributed by atoms with van der Waals surface area (Å²) in [6.45, 7) is 6.01. The molecule has 8 heteroatoms. The van der Waals surface area contributed by atoms with Crippen molar-refractivity contribution in [2.24, 2.45) is 0 Å². The number of anilines is 1. The summed E-state index contributed by atoms with van der Waals surface area (Å²) < 4.78 is 6.55. The fraction of sp³-hybridized carbons (Fsp3) is 0.250. The van der Waals surface area contributed by atoms with Crippen molar-refractivity contribution in [2.45, 2.75) is 25.9 Å². The van der Waals surface area contributed by atoms with E-state index in [0.29, 0.717) is 11.0 Å². The number of thioether (sulfide) groups is 1. The van der Waals surface area contributed by atoms with E-state index in [1.54, 1.807) is 7.11 Å². The van der Waals surface area contributed by atoms with Crippen molar-refractivity contribution in [3.05, 3.63) is 53.1 Å². The third-order valence-corrected chi connectivity index (χ3v) is 5.23. The highest BCUT2D eigenvalue weighted by Gasteiger charge is 2.15. The van der Waals surface area contributed by atoms with Crippen LogP contribution in [0.15, 0.2) is 41.6 Å². The number of nitrogens with two attached hydrogens (primary N) is 1. The predicted octanol–water partition coefficient (Wildman–Crippen LogP) is 3.32. The predicted molar refractivity (Wildman–Crippen MR) is 112 cm³/mol. The van der Waals surface area contributed by atoms with Crippen molar-refractivity contribution in [1.29, 1.82) is 0 Å². The minimum absolute atomic E-state index is 0.117. The lowest BCUT2D eigenvalue weighted by molar-refractivity contribution is -0.113. The van der Waals surface area contributed by atoms with E-state index in [9.17, 15) is 4.79 Å². The zero-order valence-corrected chi connectivity index (χ0v) is 17.1. The molecule has 3 aromatic rings. The summed E-state index contributed by atoms with van der Waals surface area (Å²) in [6, 6.07) is 11.5. The standard InChI is InChI=1S/C20H23N5O2S/c1-12-9-13(2)18(14(3)10-12)22-17(26)11-28-20-24-23-19(25(20)21)15-5-7-16(27-4)8-6-15/h5-10H,11,21H2,1-4H3,(H,22,26). The Bertz CT molecular complexity index is 975. The van der Waals surface area contributed by atoms with Gasteiger partial charge in [0.2, 0.25) is 11.1 Å². The topological polar surface area (TPSA) is 95.1 Å². The molecule has 1 heterocycles. The third kappa shape index (κ3) is 4.28.